The fourth-order valence-electron chi connectivity index (χ4n) is 1.91. The van der Waals surface area contributed by atoms with Gasteiger partial charge in [-0.1, -0.05) is 12.1 Å². The average Bonchev–Trinajstić information content (AvgIpc) is 2.90. The summed E-state index contributed by atoms with van der Waals surface area (Å²) in [5.41, 5.74) is 2.14. The topological polar surface area (TPSA) is 67.8 Å². The summed E-state index contributed by atoms with van der Waals surface area (Å²) in [4.78, 5) is 24.5. The fourth-order valence-corrected chi connectivity index (χ4v) is 2.88. The monoisotopic (exact) mass is 298 g/mol. The lowest BCUT2D eigenvalue weighted by Gasteiger charge is -2.02. The van der Waals surface area contributed by atoms with E-state index in [1.54, 1.807) is 17.5 Å². The van der Waals surface area contributed by atoms with Crippen LogP contribution in [0.1, 0.15) is 21.2 Å². The summed E-state index contributed by atoms with van der Waals surface area (Å²) < 4.78 is 1.17. The molecule has 0 fully saturated rings. The molecule has 0 radical (unpaired) electrons. The maximum Gasteiger partial charge on any atom is 0.271 e. The van der Waals surface area contributed by atoms with Crippen molar-refractivity contribution in [2.24, 2.45) is 0 Å². The molecule has 0 saturated carbocycles. The number of aromatic nitrogens is 3. The summed E-state index contributed by atoms with van der Waals surface area (Å²) in [6, 6.07) is 8.03. The molecule has 2 aromatic heterocycles. The number of aryl methyl sites for hydroxylation is 1. The molecular formula is C15H14N4OS. The lowest BCUT2D eigenvalue weighted by Crippen LogP contribution is -2.26. The van der Waals surface area contributed by atoms with Crippen LogP contribution in [0.4, 0.5) is 0 Å². The van der Waals surface area contributed by atoms with Crippen molar-refractivity contribution in [1.29, 1.82) is 0 Å². The van der Waals surface area contributed by atoms with E-state index in [-0.39, 0.29) is 5.91 Å². The predicted molar refractivity (Wildman–Crippen MR) is 82.4 cm³/mol. The summed E-state index contributed by atoms with van der Waals surface area (Å²) in [7, 11) is 0. The van der Waals surface area contributed by atoms with Gasteiger partial charge in [0.2, 0.25) is 0 Å². The molecule has 0 saturated heterocycles. The van der Waals surface area contributed by atoms with Crippen molar-refractivity contribution < 1.29 is 4.79 Å². The first-order valence-corrected chi connectivity index (χ1v) is 7.45. The van der Waals surface area contributed by atoms with Crippen molar-refractivity contribution in [3.05, 3.63) is 53.1 Å². The average molecular weight is 298 g/mol. The molecule has 0 aliphatic rings. The molecule has 2 heterocycles. The summed E-state index contributed by atoms with van der Waals surface area (Å²) in [5.74, 6) is -0.205. The van der Waals surface area contributed by atoms with E-state index >= 15 is 0 Å². The van der Waals surface area contributed by atoms with Crippen LogP contribution in [0.25, 0.3) is 10.2 Å². The number of fused-ring (bicyclic) bond motifs is 1. The number of para-hydroxylation sites is 1. The minimum atomic E-state index is -0.205. The number of benzene rings is 1. The molecule has 0 bridgehead atoms. The van der Waals surface area contributed by atoms with Gasteiger partial charge >= 0.3 is 0 Å². The highest BCUT2D eigenvalue weighted by atomic mass is 32.1. The minimum absolute atomic E-state index is 0.205. The molecular weight excluding hydrogens is 284 g/mol. The van der Waals surface area contributed by atoms with Gasteiger partial charge in [0.25, 0.3) is 5.91 Å². The first-order valence-electron chi connectivity index (χ1n) is 6.64. The molecule has 0 aliphatic carbocycles. The maximum atomic E-state index is 11.9. The van der Waals surface area contributed by atoms with Gasteiger partial charge in [-0.15, -0.1) is 11.3 Å². The summed E-state index contributed by atoms with van der Waals surface area (Å²) in [5, 5.41) is 3.86. The zero-order valence-corrected chi connectivity index (χ0v) is 12.4. The summed E-state index contributed by atoms with van der Waals surface area (Å²) in [6.07, 6.45) is 3.79. The van der Waals surface area contributed by atoms with E-state index in [1.807, 2.05) is 25.1 Å². The van der Waals surface area contributed by atoms with Crippen molar-refractivity contribution in [1.82, 2.24) is 20.3 Å². The lowest BCUT2D eigenvalue weighted by atomic mass is 10.3. The van der Waals surface area contributed by atoms with Crippen LogP contribution in [0.15, 0.2) is 36.7 Å². The number of hydrogen-bond acceptors (Lipinski definition) is 5. The Kier molecular flexibility index (Phi) is 3.87. The maximum absolute atomic E-state index is 11.9. The van der Waals surface area contributed by atoms with Gasteiger partial charge in [0.15, 0.2) is 0 Å². The zero-order chi connectivity index (χ0) is 14.7. The van der Waals surface area contributed by atoms with Crippen LogP contribution in [-0.2, 0) is 6.42 Å². The Balaban J connectivity index is 1.58. The SMILES string of the molecule is Cc1cnc(C(=O)NCCc2nc3ccccc3s2)cn1. The molecule has 1 N–H and O–H groups in total. The van der Waals surface area contributed by atoms with E-state index in [9.17, 15) is 4.79 Å². The highest BCUT2D eigenvalue weighted by Gasteiger charge is 2.08. The van der Waals surface area contributed by atoms with Gasteiger partial charge in [-0.2, -0.15) is 0 Å². The molecule has 3 aromatic rings. The van der Waals surface area contributed by atoms with Gasteiger partial charge < -0.3 is 5.32 Å². The molecule has 1 aromatic carbocycles. The van der Waals surface area contributed by atoms with E-state index in [4.69, 9.17) is 0 Å². The molecule has 3 rings (SSSR count). The third kappa shape index (κ3) is 3.22. The first-order chi connectivity index (χ1) is 10.2. The van der Waals surface area contributed by atoms with Crippen LogP contribution in [0.2, 0.25) is 0 Å². The standard InChI is InChI=1S/C15H14N4OS/c1-10-8-18-12(9-17-10)15(20)16-7-6-14-19-11-4-2-3-5-13(11)21-14/h2-5,8-9H,6-7H2,1H3,(H,16,20). The largest absolute Gasteiger partial charge is 0.350 e. The predicted octanol–water partition coefficient (Wildman–Crippen LogP) is 2.37. The fraction of sp³-hybridized carbons (Fsp3) is 0.200. The second-order valence-corrected chi connectivity index (χ2v) is 5.74. The van der Waals surface area contributed by atoms with Crippen LogP contribution < -0.4 is 5.32 Å². The van der Waals surface area contributed by atoms with Gasteiger partial charge in [0, 0.05) is 19.2 Å². The number of thiazole rings is 1. The molecule has 5 nitrogen and oxygen atoms in total. The van der Waals surface area contributed by atoms with Crippen molar-refractivity contribution >= 4 is 27.5 Å². The van der Waals surface area contributed by atoms with Gasteiger partial charge in [-0.25, -0.2) is 9.97 Å². The smallest absolute Gasteiger partial charge is 0.271 e. The third-order valence-electron chi connectivity index (χ3n) is 2.98. The normalized spacial score (nSPS) is 10.7. The first kappa shape index (κ1) is 13.6. The van der Waals surface area contributed by atoms with Crippen LogP contribution in [0.3, 0.4) is 0 Å². The number of carbonyl (C=O) groups excluding carboxylic acids is 1. The Labute approximate surface area is 126 Å². The number of carbonyl (C=O) groups is 1. The molecule has 0 spiro atoms. The van der Waals surface area contributed by atoms with Gasteiger partial charge in [0.05, 0.1) is 27.1 Å². The molecule has 0 unspecified atom stereocenters. The third-order valence-corrected chi connectivity index (χ3v) is 4.07. The quantitative estimate of drug-likeness (QED) is 0.803. The Morgan fingerprint density at radius 3 is 2.86 bits per heavy atom. The molecule has 1 amide bonds. The van der Waals surface area contributed by atoms with Crippen molar-refractivity contribution in [3.8, 4) is 0 Å². The van der Waals surface area contributed by atoms with Gasteiger partial charge in [-0.3, -0.25) is 9.78 Å². The van der Waals surface area contributed by atoms with Gasteiger partial charge in [0.1, 0.15) is 5.69 Å². The number of nitrogens with one attached hydrogen (secondary N) is 1. The van der Waals surface area contributed by atoms with Crippen molar-refractivity contribution in [3.63, 3.8) is 0 Å². The van der Waals surface area contributed by atoms with Crippen LogP contribution in [0.5, 0.6) is 0 Å². The zero-order valence-electron chi connectivity index (χ0n) is 11.5. The second kappa shape index (κ2) is 5.97. The molecule has 0 atom stereocenters. The summed E-state index contributed by atoms with van der Waals surface area (Å²) >= 11 is 1.66. The highest BCUT2D eigenvalue weighted by Crippen LogP contribution is 2.21. The summed E-state index contributed by atoms with van der Waals surface area (Å²) in [6.45, 7) is 2.37. The molecule has 21 heavy (non-hydrogen) atoms. The van der Waals surface area contributed by atoms with E-state index < -0.39 is 0 Å². The van der Waals surface area contributed by atoms with Crippen LogP contribution in [0, 0.1) is 6.92 Å². The Morgan fingerprint density at radius 2 is 2.10 bits per heavy atom. The lowest BCUT2D eigenvalue weighted by molar-refractivity contribution is 0.0948. The number of rotatable bonds is 4. The second-order valence-electron chi connectivity index (χ2n) is 4.62. The Bertz CT molecular complexity index is 734. The van der Waals surface area contributed by atoms with Gasteiger partial charge in [-0.05, 0) is 19.1 Å². The Morgan fingerprint density at radius 1 is 1.24 bits per heavy atom. The molecule has 6 heteroatoms. The van der Waals surface area contributed by atoms with E-state index in [0.29, 0.717) is 18.7 Å². The van der Waals surface area contributed by atoms with E-state index in [1.165, 1.54) is 10.9 Å². The number of hydrogen-bond donors (Lipinski definition) is 1. The highest BCUT2D eigenvalue weighted by molar-refractivity contribution is 7.18. The van der Waals surface area contributed by atoms with E-state index in [0.717, 1.165) is 16.2 Å². The van der Waals surface area contributed by atoms with Crippen molar-refractivity contribution in [2.45, 2.75) is 13.3 Å². The number of nitrogens with zero attached hydrogens (tertiary/aromatic N) is 3. The van der Waals surface area contributed by atoms with Crippen molar-refractivity contribution in [2.75, 3.05) is 6.54 Å². The number of amides is 1. The van der Waals surface area contributed by atoms with Crippen LogP contribution >= 0.6 is 11.3 Å². The van der Waals surface area contributed by atoms with Crippen LogP contribution in [-0.4, -0.2) is 27.4 Å². The minimum Gasteiger partial charge on any atom is -0.350 e. The molecule has 106 valence electrons. The Hall–Kier alpha value is -2.34. The molecule has 0 aliphatic heterocycles. The van der Waals surface area contributed by atoms with E-state index in [2.05, 4.69) is 26.3 Å².